The quantitative estimate of drug-likeness (QED) is 0.882. The Labute approximate surface area is 115 Å². The van der Waals surface area contributed by atoms with E-state index in [9.17, 15) is 4.79 Å². The van der Waals surface area contributed by atoms with Crippen LogP contribution in [0.25, 0.3) is 0 Å². The van der Waals surface area contributed by atoms with Crippen molar-refractivity contribution in [2.75, 3.05) is 12.3 Å². The molecule has 2 aromatic heterocycles. The number of anilines is 1. The molecular weight excluding hydrogens is 266 g/mol. The summed E-state index contributed by atoms with van der Waals surface area (Å²) >= 11 is 5.89. The Balaban J connectivity index is 1.92. The van der Waals surface area contributed by atoms with Crippen LogP contribution in [0, 0.1) is 6.92 Å². The lowest BCUT2D eigenvalue weighted by Gasteiger charge is -2.06. The van der Waals surface area contributed by atoms with Crippen LogP contribution in [0.1, 0.15) is 16.1 Å². The number of carbonyl (C=O) groups is 1. The van der Waals surface area contributed by atoms with E-state index < -0.39 is 0 Å². The van der Waals surface area contributed by atoms with Crippen LogP contribution in [0.15, 0.2) is 24.5 Å². The molecule has 2 heterocycles. The fraction of sp³-hybridized carbons (Fsp3) is 0.250. The van der Waals surface area contributed by atoms with Gasteiger partial charge in [-0.1, -0.05) is 11.6 Å². The molecule has 7 heteroatoms. The number of amides is 1. The number of nitrogens with two attached hydrogens (primary N) is 1. The lowest BCUT2D eigenvalue weighted by molar-refractivity contribution is 0.0947. The smallest absolute Gasteiger partial charge is 0.271 e. The second kappa shape index (κ2) is 5.71. The van der Waals surface area contributed by atoms with E-state index in [1.165, 1.54) is 0 Å². The largest absolute Gasteiger partial charge is 0.384 e. The van der Waals surface area contributed by atoms with E-state index in [1.54, 1.807) is 23.0 Å². The van der Waals surface area contributed by atoms with Gasteiger partial charge in [0.15, 0.2) is 0 Å². The third-order valence-corrected chi connectivity index (χ3v) is 2.78. The Morgan fingerprint density at radius 1 is 1.53 bits per heavy atom. The Morgan fingerprint density at radius 2 is 2.32 bits per heavy atom. The molecule has 0 aliphatic carbocycles. The lowest BCUT2D eigenvalue weighted by Crippen LogP contribution is -2.28. The van der Waals surface area contributed by atoms with E-state index in [0.717, 1.165) is 5.56 Å². The molecule has 0 aromatic carbocycles. The van der Waals surface area contributed by atoms with Crippen molar-refractivity contribution >= 4 is 23.3 Å². The predicted octanol–water partition coefficient (Wildman–Crippen LogP) is 1.25. The molecule has 0 saturated carbocycles. The molecule has 0 aliphatic rings. The number of rotatable bonds is 4. The molecular formula is C12H14ClN5O. The van der Waals surface area contributed by atoms with Gasteiger partial charge in [0.2, 0.25) is 0 Å². The zero-order valence-electron chi connectivity index (χ0n) is 10.4. The van der Waals surface area contributed by atoms with Crippen LogP contribution >= 0.6 is 11.6 Å². The number of pyridine rings is 1. The molecule has 100 valence electrons. The first-order valence-electron chi connectivity index (χ1n) is 5.75. The second-order valence-corrected chi connectivity index (χ2v) is 4.51. The van der Waals surface area contributed by atoms with Crippen LogP contribution in [-0.4, -0.2) is 27.2 Å². The fourth-order valence-electron chi connectivity index (χ4n) is 1.57. The zero-order valence-corrected chi connectivity index (χ0v) is 11.2. The summed E-state index contributed by atoms with van der Waals surface area (Å²) in [7, 11) is 0. The van der Waals surface area contributed by atoms with Gasteiger partial charge >= 0.3 is 0 Å². The van der Waals surface area contributed by atoms with Gasteiger partial charge in [0.05, 0.1) is 17.8 Å². The van der Waals surface area contributed by atoms with Crippen molar-refractivity contribution in [1.82, 2.24) is 20.1 Å². The molecule has 6 nitrogen and oxygen atoms in total. The highest BCUT2D eigenvalue weighted by Crippen LogP contribution is 2.14. The van der Waals surface area contributed by atoms with Crippen molar-refractivity contribution in [2.45, 2.75) is 13.5 Å². The minimum atomic E-state index is -0.346. The summed E-state index contributed by atoms with van der Waals surface area (Å²) in [6.07, 6.45) is 3.66. The third kappa shape index (κ3) is 3.45. The molecule has 0 fully saturated rings. The molecule has 0 unspecified atom stereocenters. The number of carbonyl (C=O) groups excluding carboxylic acids is 1. The maximum atomic E-state index is 11.9. The van der Waals surface area contributed by atoms with Gasteiger partial charge in [0, 0.05) is 12.7 Å². The molecule has 1 amide bonds. The summed E-state index contributed by atoms with van der Waals surface area (Å²) < 4.78 is 1.75. The van der Waals surface area contributed by atoms with Crippen LogP contribution < -0.4 is 11.1 Å². The first kappa shape index (κ1) is 13.4. The summed E-state index contributed by atoms with van der Waals surface area (Å²) in [4.78, 5) is 15.8. The Bertz CT molecular complexity index is 596. The molecule has 0 spiro atoms. The van der Waals surface area contributed by atoms with Gasteiger partial charge in [0.1, 0.15) is 11.5 Å². The molecule has 3 N–H and O–H groups in total. The SMILES string of the molecule is Cc1cnn(CCNC(=O)c2nc(N)ccc2Cl)c1. The molecule has 2 aromatic rings. The Morgan fingerprint density at radius 3 is 3.00 bits per heavy atom. The maximum absolute atomic E-state index is 11.9. The Kier molecular flexibility index (Phi) is 4.01. The molecule has 0 radical (unpaired) electrons. The number of nitrogens with zero attached hydrogens (tertiary/aromatic N) is 3. The van der Waals surface area contributed by atoms with Crippen LogP contribution in [0.3, 0.4) is 0 Å². The van der Waals surface area contributed by atoms with Crippen molar-refractivity contribution < 1.29 is 4.79 Å². The van der Waals surface area contributed by atoms with E-state index >= 15 is 0 Å². The van der Waals surface area contributed by atoms with E-state index in [1.807, 2.05) is 13.1 Å². The highest BCUT2D eigenvalue weighted by atomic mass is 35.5. The summed E-state index contributed by atoms with van der Waals surface area (Å²) in [5.74, 6) is -0.0848. The number of halogens is 1. The lowest BCUT2D eigenvalue weighted by atomic mass is 10.3. The summed E-state index contributed by atoms with van der Waals surface area (Å²) in [5, 5.41) is 7.12. The molecule has 0 atom stereocenters. The highest BCUT2D eigenvalue weighted by Gasteiger charge is 2.12. The number of hydrogen-bond acceptors (Lipinski definition) is 4. The van der Waals surface area contributed by atoms with Gasteiger partial charge < -0.3 is 11.1 Å². The molecule has 0 aliphatic heterocycles. The van der Waals surface area contributed by atoms with Crippen molar-refractivity contribution in [3.8, 4) is 0 Å². The minimum Gasteiger partial charge on any atom is -0.384 e. The second-order valence-electron chi connectivity index (χ2n) is 4.10. The maximum Gasteiger partial charge on any atom is 0.271 e. The molecule has 0 bridgehead atoms. The summed E-state index contributed by atoms with van der Waals surface area (Å²) in [5.41, 5.74) is 6.74. The molecule has 0 saturated heterocycles. The molecule has 2 rings (SSSR count). The van der Waals surface area contributed by atoms with Gasteiger partial charge in [-0.05, 0) is 24.6 Å². The van der Waals surface area contributed by atoms with Crippen molar-refractivity contribution in [3.05, 3.63) is 40.8 Å². The first-order chi connectivity index (χ1) is 9.06. The topological polar surface area (TPSA) is 85.8 Å². The van der Waals surface area contributed by atoms with Crippen LogP contribution in [0.2, 0.25) is 5.02 Å². The average Bonchev–Trinajstić information content (AvgIpc) is 2.78. The van der Waals surface area contributed by atoms with E-state index in [2.05, 4.69) is 15.4 Å². The summed E-state index contributed by atoms with van der Waals surface area (Å²) in [6.45, 7) is 2.98. The monoisotopic (exact) mass is 279 g/mol. The minimum absolute atomic E-state index is 0.137. The number of nitrogen functional groups attached to an aromatic ring is 1. The van der Waals surface area contributed by atoms with Gasteiger partial charge in [-0.15, -0.1) is 0 Å². The van der Waals surface area contributed by atoms with Crippen LogP contribution in [-0.2, 0) is 6.54 Å². The van der Waals surface area contributed by atoms with Crippen molar-refractivity contribution in [3.63, 3.8) is 0 Å². The van der Waals surface area contributed by atoms with E-state index in [-0.39, 0.29) is 22.4 Å². The van der Waals surface area contributed by atoms with Gasteiger partial charge in [-0.2, -0.15) is 5.10 Å². The van der Waals surface area contributed by atoms with Crippen LogP contribution in [0.4, 0.5) is 5.82 Å². The van der Waals surface area contributed by atoms with Crippen molar-refractivity contribution in [2.24, 2.45) is 0 Å². The zero-order chi connectivity index (χ0) is 13.8. The normalized spacial score (nSPS) is 10.4. The van der Waals surface area contributed by atoms with Gasteiger partial charge in [-0.25, -0.2) is 4.98 Å². The number of aromatic nitrogens is 3. The van der Waals surface area contributed by atoms with Crippen LogP contribution in [0.5, 0.6) is 0 Å². The number of nitrogens with one attached hydrogen (secondary N) is 1. The average molecular weight is 280 g/mol. The van der Waals surface area contributed by atoms with Crippen molar-refractivity contribution in [1.29, 1.82) is 0 Å². The highest BCUT2D eigenvalue weighted by molar-refractivity contribution is 6.33. The van der Waals surface area contributed by atoms with Gasteiger partial charge in [0.25, 0.3) is 5.91 Å². The summed E-state index contributed by atoms with van der Waals surface area (Å²) in [6, 6.07) is 3.10. The first-order valence-corrected chi connectivity index (χ1v) is 6.13. The standard InChI is InChI=1S/C12H14ClN5O/c1-8-6-16-18(7-8)5-4-15-12(19)11-9(13)2-3-10(14)17-11/h2-3,6-7H,4-5H2,1H3,(H2,14,17)(H,15,19). The van der Waals surface area contributed by atoms with E-state index in [0.29, 0.717) is 13.1 Å². The Hall–Kier alpha value is -2.08. The predicted molar refractivity (Wildman–Crippen MR) is 73.0 cm³/mol. The fourth-order valence-corrected chi connectivity index (χ4v) is 1.76. The number of hydrogen-bond donors (Lipinski definition) is 2. The molecule has 19 heavy (non-hydrogen) atoms. The number of aryl methyl sites for hydroxylation is 1. The van der Waals surface area contributed by atoms with Gasteiger partial charge in [-0.3, -0.25) is 9.48 Å². The third-order valence-electron chi connectivity index (χ3n) is 2.47. The van der Waals surface area contributed by atoms with E-state index in [4.69, 9.17) is 17.3 Å².